The normalized spacial score (nSPS) is 19.1. The summed E-state index contributed by atoms with van der Waals surface area (Å²) in [6.45, 7) is 1.85. The Labute approximate surface area is 163 Å². The van der Waals surface area contributed by atoms with Gasteiger partial charge in [-0.25, -0.2) is 9.97 Å². The lowest BCUT2D eigenvalue weighted by Crippen LogP contribution is -2.31. The van der Waals surface area contributed by atoms with Gasteiger partial charge in [0.25, 0.3) is 0 Å². The van der Waals surface area contributed by atoms with E-state index in [9.17, 15) is 0 Å². The molecule has 2 aromatic heterocycles. The van der Waals surface area contributed by atoms with Crippen molar-refractivity contribution in [3.8, 4) is 11.8 Å². The fraction of sp³-hybridized carbons (Fsp3) is 0.333. The van der Waals surface area contributed by atoms with E-state index >= 15 is 0 Å². The highest BCUT2D eigenvalue weighted by Gasteiger charge is 2.23. The summed E-state index contributed by atoms with van der Waals surface area (Å²) in [4.78, 5) is 13.2. The van der Waals surface area contributed by atoms with E-state index in [4.69, 9.17) is 15.7 Å². The zero-order valence-corrected chi connectivity index (χ0v) is 15.7. The molecule has 7 heteroatoms. The molecule has 0 spiro atoms. The lowest BCUT2D eigenvalue weighted by molar-refractivity contribution is 0.152. The number of nitrogen functional groups attached to an aromatic ring is 1. The zero-order valence-electron chi connectivity index (χ0n) is 15.7. The second-order valence-corrected chi connectivity index (χ2v) is 7.12. The first-order chi connectivity index (χ1) is 13.6. The molecule has 0 atom stereocenters. The van der Waals surface area contributed by atoms with Crippen LogP contribution >= 0.6 is 0 Å². The van der Waals surface area contributed by atoms with Crippen LogP contribution in [-0.2, 0) is 0 Å². The summed E-state index contributed by atoms with van der Waals surface area (Å²) in [5.41, 5.74) is 9.46. The van der Waals surface area contributed by atoms with Gasteiger partial charge in [0.05, 0.1) is 22.9 Å². The van der Waals surface area contributed by atoms with Gasteiger partial charge < -0.3 is 15.8 Å². The van der Waals surface area contributed by atoms with E-state index in [0.717, 1.165) is 48.2 Å². The zero-order chi connectivity index (χ0) is 19.5. The molecule has 1 aromatic carbocycles. The number of anilines is 2. The Morgan fingerprint density at radius 1 is 1.14 bits per heavy atom. The van der Waals surface area contributed by atoms with Gasteiger partial charge >= 0.3 is 0 Å². The summed E-state index contributed by atoms with van der Waals surface area (Å²) in [5, 5.41) is 12.5. The van der Waals surface area contributed by atoms with Gasteiger partial charge in [0, 0.05) is 30.2 Å². The Kier molecular flexibility index (Phi) is 4.94. The number of pyridine rings is 1. The number of ether oxygens (including phenoxy) is 1. The molecule has 1 aliphatic carbocycles. The van der Waals surface area contributed by atoms with E-state index in [1.54, 1.807) is 12.4 Å². The number of rotatable bonds is 4. The summed E-state index contributed by atoms with van der Waals surface area (Å²) >= 11 is 0. The topological polar surface area (TPSA) is 110 Å². The first kappa shape index (κ1) is 18.0. The fourth-order valence-electron chi connectivity index (χ4n) is 3.63. The predicted octanol–water partition coefficient (Wildman–Crippen LogP) is 3.59. The van der Waals surface area contributed by atoms with E-state index in [2.05, 4.69) is 26.3 Å². The summed E-state index contributed by atoms with van der Waals surface area (Å²) in [7, 11) is 0. The molecule has 1 saturated carbocycles. The Bertz CT molecular complexity index is 1040. The predicted molar refractivity (Wildman–Crippen MR) is 108 cm³/mol. The molecule has 1 fully saturated rings. The van der Waals surface area contributed by atoms with Gasteiger partial charge in [-0.3, -0.25) is 4.98 Å². The lowest BCUT2D eigenvalue weighted by Gasteiger charge is -2.30. The fourth-order valence-corrected chi connectivity index (χ4v) is 3.63. The molecule has 0 bridgehead atoms. The number of aryl methyl sites for hydroxylation is 1. The van der Waals surface area contributed by atoms with Crippen LogP contribution in [0.25, 0.3) is 11.0 Å². The van der Waals surface area contributed by atoms with Crippen LogP contribution in [0.4, 0.5) is 11.5 Å². The van der Waals surface area contributed by atoms with E-state index in [1.807, 2.05) is 31.2 Å². The molecular formula is C21H22N6O. The van der Waals surface area contributed by atoms with Crippen molar-refractivity contribution >= 4 is 22.5 Å². The van der Waals surface area contributed by atoms with Gasteiger partial charge in [-0.1, -0.05) is 0 Å². The molecule has 0 unspecified atom stereocenters. The number of hydrogen-bond donors (Lipinski definition) is 2. The maximum atomic E-state index is 9.02. The van der Waals surface area contributed by atoms with Crippen LogP contribution in [0, 0.1) is 18.3 Å². The minimum atomic E-state index is 0.126. The molecule has 28 heavy (non-hydrogen) atoms. The summed E-state index contributed by atoms with van der Waals surface area (Å²) in [5.74, 6) is 1.52. The van der Waals surface area contributed by atoms with Crippen LogP contribution in [0.5, 0.6) is 5.75 Å². The van der Waals surface area contributed by atoms with Crippen molar-refractivity contribution in [2.24, 2.45) is 0 Å². The summed E-state index contributed by atoms with van der Waals surface area (Å²) in [6.07, 6.45) is 7.28. The quantitative estimate of drug-likeness (QED) is 0.672. The van der Waals surface area contributed by atoms with E-state index in [0.29, 0.717) is 23.0 Å². The van der Waals surface area contributed by atoms with E-state index in [-0.39, 0.29) is 6.10 Å². The van der Waals surface area contributed by atoms with E-state index < -0.39 is 0 Å². The van der Waals surface area contributed by atoms with Gasteiger partial charge in [-0.15, -0.1) is 0 Å². The van der Waals surface area contributed by atoms with Gasteiger partial charge in [0.1, 0.15) is 23.2 Å². The average molecular weight is 374 g/mol. The van der Waals surface area contributed by atoms with Gasteiger partial charge in [0.15, 0.2) is 0 Å². The number of nitrogens with two attached hydrogens (primary N) is 1. The van der Waals surface area contributed by atoms with Crippen LogP contribution < -0.4 is 15.8 Å². The maximum Gasteiger partial charge on any atom is 0.149 e. The van der Waals surface area contributed by atoms with Crippen molar-refractivity contribution in [1.82, 2.24) is 15.0 Å². The third-order valence-electron chi connectivity index (χ3n) is 5.09. The molecule has 7 nitrogen and oxygen atoms in total. The first-order valence-electron chi connectivity index (χ1n) is 9.43. The largest absolute Gasteiger partial charge is 0.488 e. The Balaban J connectivity index is 1.39. The monoisotopic (exact) mass is 374 g/mol. The first-order valence-corrected chi connectivity index (χ1v) is 9.43. The Morgan fingerprint density at radius 3 is 2.68 bits per heavy atom. The molecule has 0 radical (unpaired) electrons. The van der Waals surface area contributed by atoms with Crippen molar-refractivity contribution in [2.45, 2.75) is 44.8 Å². The second kappa shape index (κ2) is 7.69. The minimum Gasteiger partial charge on any atom is -0.488 e. The highest BCUT2D eigenvalue weighted by Crippen LogP contribution is 2.30. The minimum absolute atomic E-state index is 0.126. The summed E-state index contributed by atoms with van der Waals surface area (Å²) < 4.78 is 6.24. The highest BCUT2D eigenvalue weighted by molar-refractivity contribution is 5.84. The van der Waals surface area contributed by atoms with Crippen LogP contribution in [0.1, 0.15) is 36.9 Å². The van der Waals surface area contributed by atoms with Gasteiger partial charge in [0.2, 0.25) is 0 Å². The molecule has 3 aromatic rings. The number of fused-ring (bicyclic) bond motifs is 1. The van der Waals surface area contributed by atoms with Crippen LogP contribution in [-0.4, -0.2) is 27.1 Å². The molecule has 142 valence electrons. The number of hydrogen-bond acceptors (Lipinski definition) is 7. The molecule has 1 aliphatic rings. The highest BCUT2D eigenvalue weighted by atomic mass is 16.5. The molecule has 0 saturated heterocycles. The number of nitrogens with zero attached hydrogens (tertiary/aromatic N) is 4. The molecule has 2 heterocycles. The summed E-state index contributed by atoms with van der Waals surface area (Å²) in [6, 6.07) is 9.80. The maximum absolute atomic E-state index is 9.02. The average Bonchev–Trinajstić information content (AvgIpc) is 2.69. The number of benzene rings is 1. The van der Waals surface area contributed by atoms with Gasteiger partial charge in [-0.2, -0.15) is 5.26 Å². The molecular weight excluding hydrogens is 352 g/mol. The van der Waals surface area contributed by atoms with Crippen molar-refractivity contribution in [1.29, 1.82) is 5.26 Å². The number of nitrogens with one attached hydrogen (secondary N) is 1. The Hall–Kier alpha value is -3.40. The van der Waals surface area contributed by atoms with E-state index in [1.165, 1.54) is 0 Å². The lowest BCUT2D eigenvalue weighted by atomic mass is 9.93. The molecule has 0 amide bonds. The van der Waals surface area contributed by atoms with Crippen molar-refractivity contribution < 1.29 is 4.74 Å². The standard InChI is InChI=1S/C21H22N6O/c1-13-14(12-22)2-7-20(26-13)27-16-3-5-17(6-4-16)28-19-11-15(23)10-18-21(19)25-9-8-24-18/h2,7-11,16-17H,3-6,23H2,1H3,(H,26,27). The molecule has 0 aliphatic heterocycles. The van der Waals surface area contributed by atoms with Crippen LogP contribution in [0.15, 0.2) is 36.7 Å². The van der Waals surface area contributed by atoms with Crippen LogP contribution in [0.2, 0.25) is 0 Å². The number of aromatic nitrogens is 3. The smallest absolute Gasteiger partial charge is 0.149 e. The van der Waals surface area contributed by atoms with Crippen molar-refractivity contribution in [3.63, 3.8) is 0 Å². The number of nitriles is 1. The van der Waals surface area contributed by atoms with Crippen molar-refractivity contribution in [2.75, 3.05) is 11.1 Å². The van der Waals surface area contributed by atoms with Gasteiger partial charge in [-0.05, 0) is 50.8 Å². The Morgan fingerprint density at radius 2 is 1.93 bits per heavy atom. The second-order valence-electron chi connectivity index (χ2n) is 7.12. The third-order valence-corrected chi connectivity index (χ3v) is 5.09. The van der Waals surface area contributed by atoms with Crippen molar-refractivity contribution in [3.05, 3.63) is 47.9 Å². The SMILES string of the molecule is Cc1nc(NC2CCC(Oc3cc(N)cc4nccnc34)CC2)ccc1C#N. The molecule has 4 rings (SSSR count). The van der Waals surface area contributed by atoms with Crippen LogP contribution in [0.3, 0.4) is 0 Å². The third kappa shape index (κ3) is 3.81. The molecule has 3 N–H and O–H groups in total.